The molecule has 0 unspecified atom stereocenters. The van der Waals surface area contributed by atoms with Gasteiger partial charge in [0.2, 0.25) is 5.91 Å². The van der Waals surface area contributed by atoms with Gasteiger partial charge in [0.25, 0.3) is 0 Å². The van der Waals surface area contributed by atoms with Gasteiger partial charge >= 0.3 is 5.97 Å². The number of carbonyl (C=O) groups is 2. The lowest BCUT2D eigenvalue weighted by Gasteiger charge is -2.43. The second kappa shape index (κ2) is 6.34. The Bertz CT molecular complexity index is 393. The van der Waals surface area contributed by atoms with Crippen LogP contribution in [0, 0.1) is 11.3 Å². The smallest absolute Gasteiger partial charge is 0.317 e. The number of carboxylic acid groups (broad SMARTS) is 1. The minimum atomic E-state index is -0.754. The van der Waals surface area contributed by atoms with E-state index in [1.54, 1.807) is 0 Å². The lowest BCUT2D eigenvalue weighted by Crippen LogP contribution is -2.55. The Labute approximate surface area is 127 Å². The molecule has 2 N–H and O–H groups in total. The number of carboxylic acids is 1. The van der Waals surface area contributed by atoms with Crippen molar-refractivity contribution in [1.82, 2.24) is 10.2 Å². The maximum atomic E-state index is 11.9. The largest absolute Gasteiger partial charge is 0.480 e. The molecule has 0 heterocycles. The summed E-state index contributed by atoms with van der Waals surface area (Å²) in [5, 5.41) is 12.1. The van der Waals surface area contributed by atoms with Crippen molar-refractivity contribution in [2.24, 2.45) is 11.3 Å². The highest BCUT2D eigenvalue weighted by Crippen LogP contribution is 2.33. The van der Waals surface area contributed by atoms with Crippen molar-refractivity contribution in [2.75, 3.05) is 13.1 Å². The van der Waals surface area contributed by atoms with Crippen molar-refractivity contribution in [1.29, 1.82) is 0 Å². The van der Waals surface area contributed by atoms with Crippen molar-refractivity contribution in [2.45, 2.75) is 65.0 Å². The fraction of sp³-hybridized carbons (Fsp3) is 0.875. The van der Waals surface area contributed by atoms with Gasteiger partial charge in [0.05, 0.1) is 6.54 Å². The van der Waals surface area contributed by atoms with Gasteiger partial charge in [-0.15, -0.1) is 0 Å². The predicted molar refractivity (Wildman–Crippen MR) is 81.0 cm³/mol. The molecule has 0 radical (unpaired) electrons. The molecule has 0 spiro atoms. The van der Waals surface area contributed by atoms with Crippen molar-refractivity contribution in [3.8, 4) is 0 Å². The molecule has 2 saturated carbocycles. The Kier molecular flexibility index (Phi) is 4.91. The Morgan fingerprint density at radius 3 is 2.33 bits per heavy atom. The first-order valence-corrected chi connectivity index (χ1v) is 7.98. The van der Waals surface area contributed by atoms with Gasteiger partial charge in [-0.1, -0.05) is 20.8 Å². The number of hydrogen-bond acceptors (Lipinski definition) is 3. The molecule has 5 heteroatoms. The van der Waals surface area contributed by atoms with Crippen LogP contribution < -0.4 is 5.32 Å². The second-order valence-electron chi connectivity index (χ2n) is 7.89. The quantitative estimate of drug-likeness (QED) is 0.752. The van der Waals surface area contributed by atoms with E-state index in [2.05, 4.69) is 31.0 Å². The maximum Gasteiger partial charge on any atom is 0.317 e. The summed E-state index contributed by atoms with van der Waals surface area (Å²) < 4.78 is 0. The average molecular weight is 296 g/mol. The van der Waals surface area contributed by atoms with Gasteiger partial charge in [-0.25, -0.2) is 0 Å². The summed E-state index contributed by atoms with van der Waals surface area (Å²) in [5.74, 6) is 0.0488. The number of carbonyl (C=O) groups excluding carboxylic acids is 1. The van der Waals surface area contributed by atoms with E-state index in [0.717, 1.165) is 19.4 Å². The van der Waals surface area contributed by atoms with Gasteiger partial charge in [0.1, 0.15) is 0 Å². The van der Waals surface area contributed by atoms with E-state index in [1.807, 2.05) is 0 Å². The van der Waals surface area contributed by atoms with E-state index in [-0.39, 0.29) is 23.9 Å². The number of nitrogens with zero attached hydrogens (tertiary/aromatic N) is 1. The third-order valence-corrected chi connectivity index (χ3v) is 4.21. The SMILES string of the molecule is CC(C)(C)CC(=O)NC1CC(N(CC(=O)O)CC2CC2)C1. The summed E-state index contributed by atoms with van der Waals surface area (Å²) >= 11 is 0. The molecule has 120 valence electrons. The molecule has 2 aliphatic carbocycles. The summed E-state index contributed by atoms with van der Waals surface area (Å²) in [4.78, 5) is 24.9. The summed E-state index contributed by atoms with van der Waals surface area (Å²) in [6.45, 7) is 7.20. The van der Waals surface area contributed by atoms with Gasteiger partial charge < -0.3 is 10.4 Å². The number of nitrogens with one attached hydrogen (secondary N) is 1. The highest BCUT2D eigenvalue weighted by molar-refractivity contribution is 5.77. The molecule has 5 nitrogen and oxygen atoms in total. The molecule has 2 rings (SSSR count). The minimum absolute atomic E-state index is 0.00848. The normalized spacial score (nSPS) is 25.5. The molecule has 0 aliphatic heterocycles. The van der Waals surface area contributed by atoms with E-state index in [1.165, 1.54) is 12.8 Å². The third-order valence-electron chi connectivity index (χ3n) is 4.21. The fourth-order valence-corrected chi connectivity index (χ4v) is 2.91. The van der Waals surface area contributed by atoms with E-state index < -0.39 is 5.97 Å². The van der Waals surface area contributed by atoms with Gasteiger partial charge in [-0.2, -0.15) is 0 Å². The fourth-order valence-electron chi connectivity index (χ4n) is 2.91. The number of hydrogen-bond donors (Lipinski definition) is 2. The standard InChI is InChI=1S/C16H28N2O3/c1-16(2,3)8-14(19)17-12-6-13(7-12)18(10-15(20)21)9-11-4-5-11/h11-13H,4-10H2,1-3H3,(H,17,19)(H,20,21). The molecule has 0 aromatic heterocycles. The minimum Gasteiger partial charge on any atom is -0.480 e. The first kappa shape index (κ1) is 16.3. The van der Waals surface area contributed by atoms with Crippen LogP contribution in [0.4, 0.5) is 0 Å². The third kappa shape index (κ3) is 5.65. The van der Waals surface area contributed by atoms with Gasteiger partial charge in [-0.3, -0.25) is 14.5 Å². The monoisotopic (exact) mass is 296 g/mol. The van der Waals surface area contributed by atoms with E-state index in [4.69, 9.17) is 5.11 Å². The van der Waals surface area contributed by atoms with Crippen LogP contribution >= 0.6 is 0 Å². The molecule has 2 fully saturated rings. The zero-order chi connectivity index (χ0) is 15.6. The summed E-state index contributed by atoms with van der Waals surface area (Å²) in [6, 6.07) is 0.544. The zero-order valence-corrected chi connectivity index (χ0v) is 13.4. The molecular weight excluding hydrogens is 268 g/mol. The highest BCUT2D eigenvalue weighted by Gasteiger charge is 2.37. The number of aliphatic carboxylic acids is 1. The Balaban J connectivity index is 1.72. The van der Waals surface area contributed by atoms with Crippen molar-refractivity contribution in [3.05, 3.63) is 0 Å². The van der Waals surface area contributed by atoms with Gasteiger partial charge in [-0.05, 0) is 37.0 Å². The van der Waals surface area contributed by atoms with Crippen molar-refractivity contribution >= 4 is 11.9 Å². The highest BCUT2D eigenvalue weighted by atomic mass is 16.4. The zero-order valence-electron chi connectivity index (χ0n) is 13.4. The predicted octanol–water partition coefficient (Wildman–Crippen LogP) is 1.87. The number of amides is 1. The Morgan fingerprint density at radius 1 is 1.24 bits per heavy atom. The van der Waals surface area contributed by atoms with Crippen LogP contribution in [-0.4, -0.2) is 47.1 Å². The summed E-state index contributed by atoms with van der Waals surface area (Å²) in [7, 11) is 0. The topological polar surface area (TPSA) is 69.6 Å². The van der Waals surface area contributed by atoms with E-state index >= 15 is 0 Å². The molecule has 1 amide bonds. The van der Waals surface area contributed by atoms with Crippen LogP contribution in [0.3, 0.4) is 0 Å². The molecular formula is C16H28N2O3. The number of rotatable bonds is 7. The maximum absolute atomic E-state index is 11.9. The van der Waals surface area contributed by atoms with Crippen molar-refractivity contribution < 1.29 is 14.7 Å². The molecule has 0 atom stereocenters. The van der Waals surface area contributed by atoms with Gasteiger partial charge in [0, 0.05) is 25.0 Å². The molecule has 21 heavy (non-hydrogen) atoms. The van der Waals surface area contributed by atoms with Crippen LogP contribution in [0.15, 0.2) is 0 Å². The average Bonchev–Trinajstić information content (AvgIpc) is 3.02. The Morgan fingerprint density at radius 2 is 1.86 bits per heavy atom. The second-order valence-corrected chi connectivity index (χ2v) is 7.89. The molecule has 0 aromatic rings. The van der Waals surface area contributed by atoms with Crippen LogP contribution in [-0.2, 0) is 9.59 Å². The molecule has 2 aliphatic rings. The molecule has 0 aromatic carbocycles. The molecule has 0 saturated heterocycles. The summed E-state index contributed by atoms with van der Waals surface area (Å²) in [5.41, 5.74) is 0.00848. The first-order valence-electron chi connectivity index (χ1n) is 7.98. The van der Waals surface area contributed by atoms with Gasteiger partial charge in [0.15, 0.2) is 0 Å². The van der Waals surface area contributed by atoms with E-state index in [9.17, 15) is 9.59 Å². The van der Waals surface area contributed by atoms with Crippen LogP contribution in [0.1, 0.15) is 52.9 Å². The lowest BCUT2D eigenvalue weighted by atomic mass is 9.84. The summed E-state index contributed by atoms with van der Waals surface area (Å²) in [6.07, 6.45) is 4.77. The van der Waals surface area contributed by atoms with Crippen molar-refractivity contribution in [3.63, 3.8) is 0 Å². The lowest BCUT2D eigenvalue weighted by molar-refractivity contribution is -0.140. The first-order chi connectivity index (χ1) is 9.73. The van der Waals surface area contributed by atoms with Crippen LogP contribution in [0.2, 0.25) is 0 Å². The Hall–Kier alpha value is -1.10. The molecule has 0 bridgehead atoms. The van der Waals surface area contributed by atoms with Crippen LogP contribution in [0.5, 0.6) is 0 Å². The van der Waals surface area contributed by atoms with Crippen LogP contribution in [0.25, 0.3) is 0 Å². The van der Waals surface area contributed by atoms with E-state index in [0.29, 0.717) is 18.4 Å².